The summed E-state index contributed by atoms with van der Waals surface area (Å²) < 4.78 is 0.762. The number of nitrogens with zero attached hydrogens (tertiary/aromatic N) is 2. The van der Waals surface area contributed by atoms with E-state index in [2.05, 4.69) is 10.2 Å². The molecule has 2 heterocycles. The molecule has 0 saturated heterocycles. The Morgan fingerprint density at radius 3 is 2.79 bits per heavy atom. The molecule has 0 radical (unpaired) electrons. The topological polar surface area (TPSA) is 51.8 Å². The summed E-state index contributed by atoms with van der Waals surface area (Å²) in [7, 11) is 0. The average Bonchev–Trinajstić information content (AvgIpc) is 2.70. The summed E-state index contributed by atoms with van der Waals surface area (Å²) in [5.74, 6) is 0. The maximum atomic E-state index is 5.83. The molecule has 0 aliphatic heterocycles. The van der Waals surface area contributed by atoms with E-state index in [1.54, 1.807) is 0 Å². The average molecular weight is 246 g/mol. The van der Waals surface area contributed by atoms with Crippen LogP contribution in [-0.4, -0.2) is 10.2 Å². The minimum absolute atomic E-state index is 0.0599. The first kappa shape index (κ1) is 10.0. The largest absolute Gasteiger partial charge is 0.322 e. The Bertz CT molecular complexity index is 435. The molecule has 74 valence electrons. The second-order valence-electron chi connectivity index (χ2n) is 2.87. The lowest BCUT2D eigenvalue weighted by Crippen LogP contribution is -2.03. The van der Waals surface area contributed by atoms with Gasteiger partial charge in [0, 0.05) is 10.9 Å². The Hall–Kier alpha value is -0.490. The molecule has 0 spiro atoms. The minimum Gasteiger partial charge on any atom is -0.322 e. The Kier molecular flexibility index (Phi) is 2.83. The lowest BCUT2D eigenvalue weighted by Gasteiger charge is -1.94. The molecule has 0 aliphatic carbocycles. The predicted octanol–water partition coefficient (Wildman–Crippen LogP) is 2.94. The van der Waals surface area contributed by atoms with Crippen molar-refractivity contribution in [2.45, 2.75) is 13.0 Å². The van der Waals surface area contributed by atoms with E-state index >= 15 is 0 Å². The summed E-state index contributed by atoms with van der Waals surface area (Å²) in [4.78, 5) is 0. The number of thiophene rings is 1. The molecule has 14 heavy (non-hydrogen) atoms. The van der Waals surface area contributed by atoms with Gasteiger partial charge in [0.25, 0.3) is 0 Å². The van der Waals surface area contributed by atoms with E-state index in [1.807, 2.05) is 18.4 Å². The van der Waals surface area contributed by atoms with Gasteiger partial charge in [0.1, 0.15) is 10.0 Å². The van der Waals surface area contributed by atoms with Gasteiger partial charge in [-0.15, -0.1) is 21.5 Å². The Labute approximate surface area is 94.6 Å². The van der Waals surface area contributed by atoms with E-state index in [-0.39, 0.29) is 6.04 Å². The van der Waals surface area contributed by atoms with Gasteiger partial charge in [-0.05, 0) is 13.0 Å². The molecular weight excluding hydrogens is 238 g/mol. The Morgan fingerprint density at radius 1 is 1.50 bits per heavy atom. The van der Waals surface area contributed by atoms with E-state index in [0.29, 0.717) is 0 Å². The lowest BCUT2D eigenvalue weighted by molar-refractivity contribution is 0.786. The summed E-state index contributed by atoms with van der Waals surface area (Å²) in [6.07, 6.45) is 0. The number of rotatable bonds is 2. The van der Waals surface area contributed by atoms with E-state index in [4.69, 9.17) is 17.3 Å². The molecule has 6 heteroatoms. The third kappa shape index (κ3) is 1.95. The van der Waals surface area contributed by atoms with Gasteiger partial charge in [0.15, 0.2) is 0 Å². The smallest absolute Gasteiger partial charge is 0.148 e. The monoisotopic (exact) mass is 245 g/mol. The highest BCUT2D eigenvalue weighted by Crippen LogP contribution is 2.31. The standard InChI is InChI=1S/C8H8ClN3S2/c1-4(10)7-11-12-8(14-7)5-2-6(9)13-3-5/h2-4H,10H2,1H3. The van der Waals surface area contributed by atoms with Crippen molar-refractivity contribution in [3.05, 3.63) is 20.8 Å². The van der Waals surface area contributed by atoms with Crippen molar-refractivity contribution in [3.8, 4) is 10.6 Å². The van der Waals surface area contributed by atoms with Crippen LogP contribution in [0.5, 0.6) is 0 Å². The van der Waals surface area contributed by atoms with E-state index in [1.165, 1.54) is 22.7 Å². The number of hydrogen-bond acceptors (Lipinski definition) is 5. The van der Waals surface area contributed by atoms with Crippen LogP contribution >= 0.6 is 34.3 Å². The third-order valence-corrected chi connectivity index (χ3v) is 3.91. The van der Waals surface area contributed by atoms with Gasteiger partial charge in [-0.3, -0.25) is 0 Å². The van der Waals surface area contributed by atoms with Crippen LogP contribution in [0, 0.1) is 0 Å². The molecule has 0 bridgehead atoms. The van der Waals surface area contributed by atoms with Gasteiger partial charge in [-0.2, -0.15) is 0 Å². The van der Waals surface area contributed by atoms with Crippen LogP contribution in [0.2, 0.25) is 4.34 Å². The number of halogens is 1. The molecule has 0 aromatic carbocycles. The van der Waals surface area contributed by atoms with Gasteiger partial charge >= 0.3 is 0 Å². The van der Waals surface area contributed by atoms with Crippen molar-refractivity contribution in [2.75, 3.05) is 0 Å². The summed E-state index contributed by atoms with van der Waals surface area (Å²) in [6, 6.07) is 1.83. The van der Waals surface area contributed by atoms with Gasteiger partial charge in [0.05, 0.1) is 10.4 Å². The molecule has 2 rings (SSSR count). The highest BCUT2D eigenvalue weighted by Gasteiger charge is 2.10. The quantitative estimate of drug-likeness (QED) is 0.885. The summed E-state index contributed by atoms with van der Waals surface area (Å²) >= 11 is 8.83. The molecule has 2 aromatic rings. The van der Waals surface area contributed by atoms with Gasteiger partial charge in [-0.1, -0.05) is 22.9 Å². The molecule has 2 aromatic heterocycles. The van der Waals surface area contributed by atoms with Crippen molar-refractivity contribution < 1.29 is 0 Å². The molecule has 0 fully saturated rings. The molecule has 1 atom stereocenters. The van der Waals surface area contributed by atoms with Crippen molar-refractivity contribution >= 4 is 34.3 Å². The van der Waals surface area contributed by atoms with Crippen molar-refractivity contribution in [2.24, 2.45) is 5.73 Å². The fourth-order valence-electron chi connectivity index (χ4n) is 0.957. The van der Waals surface area contributed by atoms with Crippen LogP contribution in [0.1, 0.15) is 18.0 Å². The van der Waals surface area contributed by atoms with Crippen molar-refractivity contribution in [1.29, 1.82) is 0 Å². The predicted molar refractivity (Wildman–Crippen MR) is 60.8 cm³/mol. The van der Waals surface area contributed by atoms with Gasteiger partial charge < -0.3 is 5.73 Å². The summed E-state index contributed by atoms with van der Waals surface area (Å²) in [5.41, 5.74) is 6.71. The lowest BCUT2D eigenvalue weighted by atomic mass is 10.4. The van der Waals surface area contributed by atoms with Gasteiger partial charge in [-0.25, -0.2) is 0 Å². The molecule has 1 unspecified atom stereocenters. The van der Waals surface area contributed by atoms with Crippen LogP contribution in [0.3, 0.4) is 0 Å². The van der Waals surface area contributed by atoms with Crippen LogP contribution in [0.25, 0.3) is 10.6 Å². The zero-order valence-corrected chi connectivity index (χ0v) is 9.79. The summed E-state index contributed by atoms with van der Waals surface area (Å²) in [5, 5.41) is 11.8. The fourth-order valence-corrected chi connectivity index (χ4v) is 2.68. The fraction of sp³-hybridized carbons (Fsp3) is 0.250. The highest BCUT2D eigenvalue weighted by molar-refractivity contribution is 7.17. The van der Waals surface area contributed by atoms with E-state index < -0.39 is 0 Å². The van der Waals surface area contributed by atoms with Crippen molar-refractivity contribution in [1.82, 2.24) is 10.2 Å². The molecule has 2 N–H and O–H groups in total. The zero-order chi connectivity index (χ0) is 10.1. The zero-order valence-electron chi connectivity index (χ0n) is 7.40. The second-order valence-corrected chi connectivity index (χ2v) is 5.43. The molecule has 3 nitrogen and oxygen atoms in total. The number of nitrogens with two attached hydrogens (primary N) is 1. The number of hydrogen-bond donors (Lipinski definition) is 1. The second kappa shape index (κ2) is 3.94. The molecule has 0 saturated carbocycles. The Balaban J connectivity index is 2.33. The minimum atomic E-state index is -0.0599. The SMILES string of the molecule is CC(N)c1nnc(-c2csc(Cl)c2)s1. The summed E-state index contributed by atoms with van der Waals surface area (Å²) in [6.45, 7) is 1.89. The van der Waals surface area contributed by atoms with Crippen LogP contribution in [-0.2, 0) is 0 Å². The highest BCUT2D eigenvalue weighted by atomic mass is 35.5. The maximum Gasteiger partial charge on any atom is 0.148 e. The first-order valence-electron chi connectivity index (χ1n) is 4.00. The van der Waals surface area contributed by atoms with Crippen molar-refractivity contribution in [3.63, 3.8) is 0 Å². The first-order chi connectivity index (χ1) is 6.66. The molecule has 0 amide bonds. The normalized spacial score (nSPS) is 13.1. The molecular formula is C8H8ClN3S2. The van der Waals surface area contributed by atoms with Gasteiger partial charge in [0.2, 0.25) is 0 Å². The first-order valence-corrected chi connectivity index (χ1v) is 6.07. The van der Waals surface area contributed by atoms with E-state index in [0.717, 1.165) is 19.9 Å². The number of aromatic nitrogens is 2. The van der Waals surface area contributed by atoms with E-state index in [9.17, 15) is 0 Å². The van der Waals surface area contributed by atoms with Crippen LogP contribution in [0.15, 0.2) is 11.4 Å². The molecule has 0 aliphatic rings. The third-order valence-electron chi connectivity index (χ3n) is 1.64. The van der Waals surface area contributed by atoms with Crippen LogP contribution < -0.4 is 5.73 Å². The maximum absolute atomic E-state index is 5.83. The Morgan fingerprint density at radius 2 is 2.29 bits per heavy atom. The van der Waals surface area contributed by atoms with Crippen LogP contribution in [0.4, 0.5) is 0 Å².